The van der Waals surface area contributed by atoms with E-state index in [9.17, 15) is 0 Å². The van der Waals surface area contributed by atoms with Crippen LogP contribution in [0.4, 0.5) is 0 Å². The van der Waals surface area contributed by atoms with Gasteiger partial charge in [0.15, 0.2) is 0 Å². The minimum absolute atomic E-state index is 0.154. The standard InChI is InChI=1S/C34H25N/c1-34(2)28-18-11-21-35-33(28)27-20-19-26-29(22-12-5-3-6-13-22)24-16-9-10-17-25(24)30(31(26)32(27)34)23-14-7-4-8-15-23/h3-21H,1-2H3. The van der Waals surface area contributed by atoms with Gasteiger partial charge in [-0.1, -0.05) is 117 Å². The summed E-state index contributed by atoms with van der Waals surface area (Å²) in [7, 11) is 0. The molecule has 1 nitrogen and oxygen atoms in total. The summed E-state index contributed by atoms with van der Waals surface area (Å²) in [6.07, 6.45) is 1.92. The molecular formula is C34H25N. The highest BCUT2D eigenvalue weighted by molar-refractivity contribution is 6.23. The van der Waals surface area contributed by atoms with Crippen molar-refractivity contribution in [3.63, 3.8) is 0 Å². The van der Waals surface area contributed by atoms with Gasteiger partial charge in [-0.15, -0.1) is 0 Å². The molecule has 1 heteroatoms. The zero-order chi connectivity index (χ0) is 23.6. The van der Waals surface area contributed by atoms with Gasteiger partial charge >= 0.3 is 0 Å². The number of nitrogens with zero attached hydrogens (tertiary/aromatic N) is 1. The third kappa shape index (κ3) is 2.79. The fourth-order valence-electron chi connectivity index (χ4n) is 6.20. The number of hydrogen-bond acceptors (Lipinski definition) is 1. The molecule has 1 heterocycles. The Kier molecular flexibility index (Phi) is 4.25. The highest BCUT2D eigenvalue weighted by Gasteiger charge is 2.39. The van der Waals surface area contributed by atoms with Crippen LogP contribution in [0.5, 0.6) is 0 Å². The number of pyridine rings is 1. The lowest BCUT2D eigenvalue weighted by Crippen LogP contribution is -2.16. The minimum Gasteiger partial charge on any atom is -0.256 e. The molecule has 1 aliphatic carbocycles. The van der Waals surface area contributed by atoms with Crippen molar-refractivity contribution in [2.45, 2.75) is 19.3 Å². The Morgan fingerprint density at radius 2 is 1.14 bits per heavy atom. The summed E-state index contributed by atoms with van der Waals surface area (Å²) in [5.41, 5.74) is 10.0. The molecule has 6 aromatic rings. The maximum Gasteiger partial charge on any atom is 0.0746 e. The summed E-state index contributed by atoms with van der Waals surface area (Å²) in [4.78, 5) is 4.85. The summed E-state index contributed by atoms with van der Waals surface area (Å²) in [5.74, 6) is 0. The molecule has 0 bridgehead atoms. The van der Waals surface area contributed by atoms with Crippen molar-refractivity contribution in [1.82, 2.24) is 4.98 Å². The summed E-state index contributed by atoms with van der Waals surface area (Å²) < 4.78 is 0. The second-order valence-corrected chi connectivity index (χ2v) is 9.96. The molecule has 0 saturated heterocycles. The van der Waals surface area contributed by atoms with Gasteiger partial charge in [0.25, 0.3) is 0 Å². The average molecular weight is 448 g/mol. The Balaban J connectivity index is 1.77. The highest BCUT2D eigenvalue weighted by Crippen LogP contribution is 2.54. The van der Waals surface area contributed by atoms with E-state index >= 15 is 0 Å². The van der Waals surface area contributed by atoms with Crippen molar-refractivity contribution in [1.29, 1.82) is 0 Å². The monoisotopic (exact) mass is 447 g/mol. The first-order chi connectivity index (χ1) is 17.2. The van der Waals surface area contributed by atoms with Crippen molar-refractivity contribution in [2.75, 3.05) is 0 Å². The molecule has 0 radical (unpaired) electrons. The molecule has 7 rings (SSSR count). The lowest BCUT2D eigenvalue weighted by Gasteiger charge is -2.26. The molecule has 0 atom stereocenters. The summed E-state index contributed by atoms with van der Waals surface area (Å²) in [6, 6.07) is 39.5. The second kappa shape index (κ2) is 7.38. The van der Waals surface area contributed by atoms with Crippen LogP contribution in [0.1, 0.15) is 25.0 Å². The molecular weight excluding hydrogens is 422 g/mol. The zero-order valence-electron chi connectivity index (χ0n) is 19.9. The van der Waals surface area contributed by atoms with E-state index < -0.39 is 0 Å². The van der Waals surface area contributed by atoms with Gasteiger partial charge in [0.1, 0.15) is 0 Å². The van der Waals surface area contributed by atoms with E-state index in [1.165, 1.54) is 60.5 Å². The van der Waals surface area contributed by atoms with Crippen molar-refractivity contribution >= 4 is 21.5 Å². The molecule has 1 aromatic heterocycles. The third-order valence-electron chi connectivity index (χ3n) is 7.68. The van der Waals surface area contributed by atoms with Gasteiger partial charge in [0.2, 0.25) is 0 Å². The number of aromatic nitrogens is 1. The fourth-order valence-corrected chi connectivity index (χ4v) is 6.20. The Morgan fingerprint density at radius 1 is 0.543 bits per heavy atom. The molecule has 0 aliphatic heterocycles. The van der Waals surface area contributed by atoms with Crippen LogP contribution in [-0.2, 0) is 5.41 Å². The third-order valence-corrected chi connectivity index (χ3v) is 7.68. The maximum atomic E-state index is 4.85. The van der Waals surface area contributed by atoms with E-state index in [2.05, 4.69) is 123 Å². The lowest BCUT2D eigenvalue weighted by molar-refractivity contribution is 0.665. The van der Waals surface area contributed by atoms with Gasteiger partial charge in [-0.05, 0) is 61.0 Å². The molecule has 0 N–H and O–H groups in total. The van der Waals surface area contributed by atoms with Crippen LogP contribution in [0.2, 0.25) is 0 Å². The van der Waals surface area contributed by atoms with E-state index in [0.717, 1.165) is 5.69 Å². The van der Waals surface area contributed by atoms with Crippen LogP contribution in [0, 0.1) is 0 Å². The molecule has 0 amide bonds. The SMILES string of the molecule is CC1(C)c2cccnc2-c2ccc3c(-c4ccccc4)c4ccccc4c(-c4ccccc4)c3c21. The van der Waals surface area contributed by atoms with E-state index in [4.69, 9.17) is 4.98 Å². The Bertz CT molecular complexity index is 1750. The summed E-state index contributed by atoms with van der Waals surface area (Å²) >= 11 is 0. The van der Waals surface area contributed by atoms with E-state index in [-0.39, 0.29) is 5.41 Å². The first kappa shape index (κ1) is 20.2. The number of hydrogen-bond donors (Lipinski definition) is 0. The quantitative estimate of drug-likeness (QED) is 0.241. The molecule has 35 heavy (non-hydrogen) atoms. The van der Waals surface area contributed by atoms with Crippen LogP contribution in [0.25, 0.3) is 55.1 Å². The Morgan fingerprint density at radius 3 is 1.83 bits per heavy atom. The Hall–Kier alpha value is -4.23. The predicted molar refractivity (Wildman–Crippen MR) is 148 cm³/mol. The zero-order valence-corrected chi connectivity index (χ0v) is 19.9. The second-order valence-electron chi connectivity index (χ2n) is 9.96. The van der Waals surface area contributed by atoms with Crippen molar-refractivity contribution in [3.8, 4) is 33.5 Å². The summed E-state index contributed by atoms with van der Waals surface area (Å²) in [5, 5.41) is 5.22. The molecule has 0 spiro atoms. The van der Waals surface area contributed by atoms with Crippen molar-refractivity contribution in [3.05, 3.63) is 127 Å². The van der Waals surface area contributed by atoms with Crippen LogP contribution in [0.3, 0.4) is 0 Å². The normalized spacial score (nSPS) is 13.7. The van der Waals surface area contributed by atoms with Gasteiger partial charge in [0.05, 0.1) is 5.69 Å². The van der Waals surface area contributed by atoms with E-state index in [0.29, 0.717) is 0 Å². The number of rotatable bonds is 2. The van der Waals surface area contributed by atoms with Gasteiger partial charge < -0.3 is 0 Å². The van der Waals surface area contributed by atoms with Crippen molar-refractivity contribution in [2.24, 2.45) is 0 Å². The van der Waals surface area contributed by atoms with Crippen LogP contribution < -0.4 is 0 Å². The summed E-state index contributed by atoms with van der Waals surface area (Å²) in [6.45, 7) is 4.70. The molecule has 0 fully saturated rings. The van der Waals surface area contributed by atoms with Gasteiger partial charge in [-0.2, -0.15) is 0 Å². The molecule has 0 unspecified atom stereocenters. The number of fused-ring (bicyclic) bond motifs is 6. The van der Waals surface area contributed by atoms with E-state index in [1.54, 1.807) is 0 Å². The van der Waals surface area contributed by atoms with Crippen molar-refractivity contribution < 1.29 is 0 Å². The first-order valence-electron chi connectivity index (χ1n) is 12.2. The molecule has 0 saturated carbocycles. The minimum atomic E-state index is -0.154. The highest BCUT2D eigenvalue weighted by atomic mass is 14.7. The van der Waals surface area contributed by atoms with Gasteiger partial charge in [0, 0.05) is 17.2 Å². The first-order valence-corrected chi connectivity index (χ1v) is 12.2. The lowest BCUT2D eigenvalue weighted by atomic mass is 9.76. The maximum absolute atomic E-state index is 4.85. The van der Waals surface area contributed by atoms with Crippen LogP contribution in [0.15, 0.2) is 115 Å². The van der Waals surface area contributed by atoms with Gasteiger partial charge in [-0.25, -0.2) is 0 Å². The average Bonchev–Trinajstić information content (AvgIpc) is 3.15. The molecule has 5 aromatic carbocycles. The van der Waals surface area contributed by atoms with E-state index in [1.807, 2.05) is 6.20 Å². The van der Waals surface area contributed by atoms with Gasteiger partial charge in [-0.3, -0.25) is 4.98 Å². The number of benzene rings is 5. The predicted octanol–water partition coefficient (Wildman–Crippen LogP) is 9.03. The topological polar surface area (TPSA) is 12.9 Å². The molecule has 166 valence electrons. The van der Waals surface area contributed by atoms with Crippen LogP contribution >= 0.6 is 0 Å². The fraction of sp³-hybridized carbons (Fsp3) is 0.0882. The Labute approximate surface area is 205 Å². The largest absolute Gasteiger partial charge is 0.256 e. The smallest absolute Gasteiger partial charge is 0.0746 e. The molecule has 1 aliphatic rings. The van der Waals surface area contributed by atoms with Crippen LogP contribution in [-0.4, -0.2) is 4.98 Å².